The van der Waals surface area contributed by atoms with Gasteiger partial charge in [0, 0.05) is 17.9 Å². The van der Waals surface area contributed by atoms with E-state index < -0.39 is 5.97 Å². The van der Waals surface area contributed by atoms with Gasteiger partial charge in [-0.3, -0.25) is 9.59 Å². The van der Waals surface area contributed by atoms with Gasteiger partial charge in [-0.2, -0.15) is 0 Å². The number of ketones is 1. The van der Waals surface area contributed by atoms with Gasteiger partial charge in [0.15, 0.2) is 5.78 Å². The van der Waals surface area contributed by atoms with E-state index in [1.807, 2.05) is 0 Å². The normalized spacial score (nSPS) is 9.79. The first-order valence-electron chi connectivity index (χ1n) is 4.19. The van der Waals surface area contributed by atoms with Gasteiger partial charge in [-0.25, -0.2) is 0 Å². The third kappa shape index (κ3) is 8.19. The number of hydrogen-bond donors (Lipinski definition) is 1. The molecule has 3 nitrogen and oxygen atoms in total. The minimum atomic E-state index is -0.781. The maximum Gasteiger partial charge on any atom is 0.304 e. The lowest BCUT2D eigenvalue weighted by Gasteiger charge is -1.99. The zero-order chi connectivity index (χ0) is 11.0. The fraction of sp³-hybridized carbons (Fsp3) is 0.556. The van der Waals surface area contributed by atoms with E-state index in [9.17, 15) is 9.59 Å². The summed E-state index contributed by atoms with van der Waals surface area (Å²) >= 11 is 0. The van der Waals surface area contributed by atoms with Crippen LogP contribution in [0.1, 0.15) is 19.8 Å². The standard InChI is InChI=1S/C9H14O3S2/c1-7(2)8(10)3-5-13-14-6-4-9(11)12/h1,3-6H2,2H3,(H,11,12). The van der Waals surface area contributed by atoms with E-state index in [1.165, 1.54) is 21.6 Å². The van der Waals surface area contributed by atoms with Crippen molar-refractivity contribution in [3.8, 4) is 0 Å². The molecule has 0 aromatic rings. The summed E-state index contributed by atoms with van der Waals surface area (Å²) in [5.74, 6) is 0.601. The van der Waals surface area contributed by atoms with Crippen molar-refractivity contribution in [2.24, 2.45) is 0 Å². The third-order valence-electron chi connectivity index (χ3n) is 1.37. The molecule has 80 valence electrons. The number of Topliss-reactive ketones (excluding diaryl/α,β-unsaturated/α-hetero) is 1. The number of aliphatic carboxylic acids is 1. The molecule has 0 amide bonds. The van der Waals surface area contributed by atoms with E-state index in [4.69, 9.17) is 5.11 Å². The zero-order valence-corrected chi connectivity index (χ0v) is 9.75. The van der Waals surface area contributed by atoms with Crippen molar-refractivity contribution in [3.63, 3.8) is 0 Å². The summed E-state index contributed by atoms with van der Waals surface area (Å²) in [7, 11) is 3.02. The lowest BCUT2D eigenvalue weighted by Crippen LogP contribution is -1.99. The van der Waals surface area contributed by atoms with Crippen molar-refractivity contribution < 1.29 is 14.7 Å². The minimum absolute atomic E-state index is 0.0799. The van der Waals surface area contributed by atoms with Gasteiger partial charge in [0.25, 0.3) is 0 Å². The van der Waals surface area contributed by atoms with Gasteiger partial charge in [-0.1, -0.05) is 28.2 Å². The largest absolute Gasteiger partial charge is 0.481 e. The molecule has 0 spiro atoms. The number of carboxylic acid groups (broad SMARTS) is 1. The summed E-state index contributed by atoms with van der Waals surface area (Å²) < 4.78 is 0. The Hall–Kier alpha value is -0.420. The highest BCUT2D eigenvalue weighted by atomic mass is 33.1. The molecule has 0 aromatic heterocycles. The Bertz CT molecular complexity index is 226. The second-order valence-corrected chi connectivity index (χ2v) is 5.44. The number of carbonyl (C=O) groups excluding carboxylic acids is 1. The van der Waals surface area contributed by atoms with Crippen LogP contribution in [0.4, 0.5) is 0 Å². The van der Waals surface area contributed by atoms with Crippen LogP contribution in [0.2, 0.25) is 0 Å². The molecule has 0 atom stereocenters. The molecule has 0 unspecified atom stereocenters. The molecule has 0 saturated carbocycles. The van der Waals surface area contributed by atoms with Crippen molar-refractivity contribution >= 4 is 33.3 Å². The Morgan fingerprint density at radius 2 is 1.71 bits per heavy atom. The molecular formula is C9H14O3S2. The van der Waals surface area contributed by atoms with Crippen molar-refractivity contribution in [2.75, 3.05) is 11.5 Å². The van der Waals surface area contributed by atoms with E-state index in [-0.39, 0.29) is 12.2 Å². The molecule has 0 fully saturated rings. The van der Waals surface area contributed by atoms with Crippen LogP contribution in [0.5, 0.6) is 0 Å². The molecule has 0 aliphatic carbocycles. The zero-order valence-electron chi connectivity index (χ0n) is 8.12. The lowest BCUT2D eigenvalue weighted by molar-refractivity contribution is -0.136. The Morgan fingerprint density at radius 1 is 1.21 bits per heavy atom. The third-order valence-corrected chi connectivity index (χ3v) is 3.78. The topological polar surface area (TPSA) is 54.4 Å². The van der Waals surface area contributed by atoms with Crippen molar-refractivity contribution in [1.29, 1.82) is 0 Å². The maximum atomic E-state index is 11.1. The number of rotatable bonds is 8. The first-order valence-corrected chi connectivity index (χ1v) is 6.67. The number of allylic oxidation sites excluding steroid dienone is 1. The van der Waals surface area contributed by atoms with Crippen LogP contribution < -0.4 is 0 Å². The predicted octanol–water partition coefficient (Wildman–Crippen LogP) is 2.38. The first-order chi connectivity index (χ1) is 6.54. The number of hydrogen-bond acceptors (Lipinski definition) is 4. The average molecular weight is 234 g/mol. The molecule has 0 aliphatic rings. The highest BCUT2D eigenvalue weighted by Crippen LogP contribution is 2.22. The fourth-order valence-electron chi connectivity index (χ4n) is 0.595. The van der Waals surface area contributed by atoms with E-state index in [1.54, 1.807) is 6.92 Å². The highest BCUT2D eigenvalue weighted by molar-refractivity contribution is 8.76. The number of carboxylic acids is 1. The summed E-state index contributed by atoms with van der Waals surface area (Å²) in [6.45, 7) is 5.25. The lowest BCUT2D eigenvalue weighted by atomic mass is 10.2. The highest BCUT2D eigenvalue weighted by Gasteiger charge is 2.02. The van der Waals surface area contributed by atoms with Crippen LogP contribution in [0, 0.1) is 0 Å². The van der Waals surface area contributed by atoms with Crippen molar-refractivity contribution in [2.45, 2.75) is 19.8 Å². The summed E-state index contributed by atoms with van der Waals surface area (Å²) in [6.07, 6.45) is 0.659. The molecule has 0 saturated heterocycles. The van der Waals surface area contributed by atoms with Gasteiger partial charge in [0.05, 0.1) is 6.42 Å². The second-order valence-electron chi connectivity index (χ2n) is 2.74. The molecule has 5 heteroatoms. The quantitative estimate of drug-likeness (QED) is 0.397. The molecule has 0 rings (SSSR count). The van der Waals surface area contributed by atoms with Crippen LogP contribution in [-0.4, -0.2) is 28.4 Å². The molecule has 1 N–H and O–H groups in total. The Morgan fingerprint density at radius 3 is 2.14 bits per heavy atom. The Kier molecular flexibility index (Phi) is 7.70. The van der Waals surface area contributed by atoms with Crippen LogP contribution >= 0.6 is 21.6 Å². The van der Waals surface area contributed by atoms with Gasteiger partial charge in [-0.05, 0) is 12.5 Å². The van der Waals surface area contributed by atoms with E-state index in [0.717, 1.165) is 5.75 Å². The summed E-state index contributed by atoms with van der Waals surface area (Å²) in [6, 6.07) is 0. The summed E-state index contributed by atoms with van der Waals surface area (Å²) in [4.78, 5) is 21.2. The first kappa shape index (κ1) is 13.6. The molecule has 0 radical (unpaired) electrons. The summed E-state index contributed by atoms with van der Waals surface area (Å²) in [5, 5.41) is 8.34. The predicted molar refractivity (Wildman–Crippen MR) is 61.6 cm³/mol. The number of carbonyl (C=O) groups is 2. The molecule has 0 aliphatic heterocycles. The Balaban J connectivity index is 3.26. The van der Waals surface area contributed by atoms with Gasteiger partial charge in [0.1, 0.15) is 0 Å². The van der Waals surface area contributed by atoms with Gasteiger partial charge in [0.2, 0.25) is 0 Å². The van der Waals surface area contributed by atoms with E-state index >= 15 is 0 Å². The molecule has 0 heterocycles. The Labute approximate surface area is 91.7 Å². The SMILES string of the molecule is C=C(C)C(=O)CCSSCCC(=O)O. The van der Waals surface area contributed by atoms with Crippen molar-refractivity contribution in [3.05, 3.63) is 12.2 Å². The van der Waals surface area contributed by atoms with Crippen LogP contribution in [0.15, 0.2) is 12.2 Å². The van der Waals surface area contributed by atoms with Gasteiger partial charge >= 0.3 is 5.97 Å². The molecule has 0 aromatic carbocycles. The van der Waals surface area contributed by atoms with Crippen molar-refractivity contribution in [1.82, 2.24) is 0 Å². The summed E-state index contributed by atoms with van der Waals surface area (Å²) in [5.41, 5.74) is 0.584. The van der Waals surface area contributed by atoms with Crippen LogP contribution in [-0.2, 0) is 9.59 Å². The molecule has 14 heavy (non-hydrogen) atoms. The van der Waals surface area contributed by atoms with E-state index in [0.29, 0.717) is 17.7 Å². The second kappa shape index (κ2) is 7.94. The molecular weight excluding hydrogens is 220 g/mol. The van der Waals surface area contributed by atoms with E-state index in [2.05, 4.69) is 6.58 Å². The average Bonchev–Trinajstić information content (AvgIpc) is 2.09. The monoisotopic (exact) mass is 234 g/mol. The maximum absolute atomic E-state index is 11.1. The van der Waals surface area contributed by atoms with Crippen LogP contribution in [0.25, 0.3) is 0 Å². The van der Waals surface area contributed by atoms with Gasteiger partial charge < -0.3 is 5.11 Å². The fourth-order valence-corrected chi connectivity index (χ4v) is 2.56. The minimum Gasteiger partial charge on any atom is -0.481 e. The smallest absolute Gasteiger partial charge is 0.304 e. The molecule has 0 bridgehead atoms. The van der Waals surface area contributed by atoms with Gasteiger partial charge in [-0.15, -0.1) is 0 Å². The van der Waals surface area contributed by atoms with Crippen LogP contribution in [0.3, 0.4) is 0 Å².